The van der Waals surface area contributed by atoms with E-state index in [-0.39, 0.29) is 5.56 Å². The van der Waals surface area contributed by atoms with Crippen LogP contribution in [0.15, 0.2) is 97.1 Å². The van der Waals surface area contributed by atoms with Gasteiger partial charge in [0.05, 0.1) is 0 Å². The van der Waals surface area contributed by atoms with E-state index in [0.717, 1.165) is 18.6 Å². The van der Waals surface area contributed by atoms with E-state index in [2.05, 4.69) is 0 Å². The molecular formula is C27H21F3O2. The van der Waals surface area contributed by atoms with Crippen molar-refractivity contribution < 1.29 is 22.6 Å². The molecule has 32 heavy (non-hydrogen) atoms. The minimum Gasteiger partial charge on any atom is -0.489 e. The summed E-state index contributed by atoms with van der Waals surface area (Å²) in [4.78, 5) is 0. The lowest BCUT2D eigenvalue weighted by atomic mass is 9.95. The van der Waals surface area contributed by atoms with Gasteiger partial charge in [-0.25, -0.2) is 13.2 Å². The first-order chi connectivity index (χ1) is 15.4. The Morgan fingerprint density at radius 3 is 2.09 bits per heavy atom. The van der Waals surface area contributed by atoms with Crippen molar-refractivity contribution in [3.63, 3.8) is 0 Å². The Labute approximate surface area is 184 Å². The van der Waals surface area contributed by atoms with Crippen LogP contribution in [0.1, 0.15) is 18.1 Å². The van der Waals surface area contributed by atoms with Gasteiger partial charge in [0, 0.05) is 18.1 Å². The molecule has 162 valence electrons. The normalized spacial score (nSPS) is 11.2. The zero-order valence-corrected chi connectivity index (χ0v) is 17.4. The van der Waals surface area contributed by atoms with Gasteiger partial charge in [0.2, 0.25) is 0 Å². The van der Waals surface area contributed by atoms with Gasteiger partial charge in [0.1, 0.15) is 29.7 Å². The van der Waals surface area contributed by atoms with Gasteiger partial charge in [-0.05, 0) is 53.6 Å². The van der Waals surface area contributed by atoms with E-state index < -0.39 is 17.3 Å². The molecule has 4 rings (SSSR count). The fourth-order valence-corrected chi connectivity index (χ4v) is 3.36. The smallest absolute Gasteiger partial charge is 0.271 e. The maximum absolute atomic E-state index is 14.2. The highest BCUT2D eigenvalue weighted by molar-refractivity contribution is 5.74. The highest BCUT2D eigenvalue weighted by atomic mass is 19.3. The number of rotatable bonds is 7. The summed E-state index contributed by atoms with van der Waals surface area (Å²) < 4.78 is 53.8. The molecule has 0 heterocycles. The molecule has 0 unspecified atom stereocenters. The van der Waals surface area contributed by atoms with Crippen molar-refractivity contribution in [2.75, 3.05) is 0 Å². The summed E-state index contributed by atoms with van der Waals surface area (Å²) in [6, 6.07) is 27.1. The second-order valence-electron chi connectivity index (χ2n) is 7.42. The molecule has 4 aromatic rings. The van der Waals surface area contributed by atoms with Gasteiger partial charge in [0.25, 0.3) is 5.92 Å². The summed E-state index contributed by atoms with van der Waals surface area (Å²) in [5.41, 5.74) is 1.34. The quantitative estimate of drug-likeness (QED) is 0.294. The van der Waals surface area contributed by atoms with Crippen LogP contribution in [0.4, 0.5) is 13.2 Å². The van der Waals surface area contributed by atoms with Gasteiger partial charge in [-0.3, -0.25) is 0 Å². The predicted molar refractivity (Wildman–Crippen MR) is 119 cm³/mol. The second kappa shape index (κ2) is 9.18. The fraction of sp³-hybridized carbons (Fsp3) is 0.111. The van der Waals surface area contributed by atoms with Gasteiger partial charge in [0.15, 0.2) is 0 Å². The summed E-state index contributed by atoms with van der Waals surface area (Å²) >= 11 is 0. The zero-order valence-electron chi connectivity index (χ0n) is 17.4. The Hall–Kier alpha value is -3.73. The number of hydrogen-bond acceptors (Lipinski definition) is 2. The first-order valence-corrected chi connectivity index (χ1v) is 10.1. The van der Waals surface area contributed by atoms with Crippen molar-refractivity contribution in [1.82, 2.24) is 0 Å². The molecule has 0 aliphatic carbocycles. The van der Waals surface area contributed by atoms with Crippen LogP contribution in [0, 0.1) is 5.82 Å². The lowest BCUT2D eigenvalue weighted by Gasteiger charge is -2.18. The lowest BCUT2D eigenvalue weighted by Crippen LogP contribution is -2.09. The van der Waals surface area contributed by atoms with Crippen LogP contribution in [-0.4, -0.2) is 0 Å². The average Bonchev–Trinajstić information content (AvgIpc) is 2.79. The van der Waals surface area contributed by atoms with E-state index in [4.69, 9.17) is 9.47 Å². The second-order valence-corrected chi connectivity index (χ2v) is 7.42. The van der Waals surface area contributed by atoms with Crippen LogP contribution in [0.2, 0.25) is 0 Å². The summed E-state index contributed by atoms with van der Waals surface area (Å²) in [7, 11) is 0. The van der Waals surface area contributed by atoms with E-state index in [1.54, 1.807) is 48.5 Å². The minimum absolute atomic E-state index is 0.220. The van der Waals surface area contributed by atoms with Gasteiger partial charge in [-0.2, -0.15) is 0 Å². The molecule has 0 aromatic heterocycles. The standard InChI is InChI=1S/C27H21F3O2/c1-27(29,30)25-17-20(28)11-16-23(25)24-9-5-6-10-26(24)32-22-14-12-21(13-15-22)31-18-19-7-3-2-4-8-19/h2-17H,18H2,1H3. The number of hydrogen-bond donors (Lipinski definition) is 0. The molecule has 0 N–H and O–H groups in total. The third-order valence-corrected chi connectivity index (χ3v) is 4.93. The Balaban J connectivity index is 1.56. The van der Waals surface area contributed by atoms with Crippen LogP contribution in [0.3, 0.4) is 0 Å². The van der Waals surface area contributed by atoms with Crippen molar-refractivity contribution in [3.8, 4) is 28.4 Å². The topological polar surface area (TPSA) is 18.5 Å². The van der Waals surface area contributed by atoms with E-state index in [1.165, 1.54) is 12.1 Å². The van der Waals surface area contributed by atoms with Crippen molar-refractivity contribution in [2.45, 2.75) is 19.5 Å². The molecule has 4 aromatic carbocycles. The molecule has 5 heteroatoms. The first kappa shape index (κ1) is 21.5. The molecule has 0 radical (unpaired) electrons. The van der Waals surface area contributed by atoms with Crippen molar-refractivity contribution >= 4 is 0 Å². The predicted octanol–water partition coefficient (Wildman–Crippen LogP) is 7.98. The fourth-order valence-electron chi connectivity index (χ4n) is 3.36. The van der Waals surface area contributed by atoms with Crippen molar-refractivity contribution in [2.24, 2.45) is 0 Å². The summed E-state index contributed by atoms with van der Waals surface area (Å²) in [5, 5.41) is 0. The van der Waals surface area contributed by atoms with Crippen LogP contribution < -0.4 is 9.47 Å². The maximum atomic E-state index is 14.2. The van der Waals surface area contributed by atoms with Crippen molar-refractivity contribution in [1.29, 1.82) is 0 Å². The lowest BCUT2D eigenvalue weighted by molar-refractivity contribution is 0.0178. The molecule has 0 amide bonds. The highest BCUT2D eigenvalue weighted by Crippen LogP contribution is 2.41. The van der Waals surface area contributed by atoms with Gasteiger partial charge in [-0.1, -0.05) is 54.6 Å². The van der Waals surface area contributed by atoms with E-state index in [0.29, 0.717) is 29.4 Å². The molecule has 0 aliphatic heterocycles. The molecule has 0 spiro atoms. The molecule has 0 atom stereocenters. The Bertz CT molecular complexity index is 1180. The number of benzene rings is 4. The van der Waals surface area contributed by atoms with Gasteiger partial charge in [-0.15, -0.1) is 0 Å². The Morgan fingerprint density at radius 1 is 0.719 bits per heavy atom. The summed E-state index contributed by atoms with van der Waals surface area (Å²) in [5.74, 6) is -2.32. The zero-order chi connectivity index (χ0) is 22.6. The number of ether oxygens (including phenoxy) is 2. The SMILES string of the molecule is CC(F)(F)c1cc(F)ccc1-c1ccccc1Oc1ccc(OCc2ccccc2)cc1. The van der Waals surface area contributed by atoms with Crippen LogP contribution in [0.5, 0.6) is 17.2 Å². The average molecular weight is 434 g/mol. The van der Waals surface area contributed by atoms with Crippen LogP contribution in [-0.2, 0) is 12.5 Å². The third kappa shape index (κ3) is 5.11. The number of halogens is 3. The molecule has 0 bridgehead atoms. The largest absolute Gasteiger partial charge is 0.489 e. The first-order valence-electron chi connectivity index (χ1n) is 10.1. The van der Waals surface area contributed by atoms with E-state index >= 15 is 0 Å². The molecular weight excluding hydrogens is 413 g/mol. The molecule has 2 nitrogen and oxygen atoms in total. The van der Waals surface area contributed by atoms with Gasteiger partial charge < -0.3 is 9.47 Å². The maximum Gasteiger partial charge on any atom is 0.271 e. The third-order valence-electron chi connectivity index (χ3n) is 4.93. The number of para-hydroxylation sites is 1. The van der Waals surface area contributed by atoms with E-state index in [9.17, 15) is 13.2 Å². The number of alkyl halides is 2. The molecule has 0 fully saturated rings. The molecule has 0 saturated carbocycles. The van der Waals surface area contributed by atoms with E-state index in [1.807, 2.05) is 30.3 Å². The summed E-state index contributed by atoms with van der Waals surface area (Å²) in [6.45, 7) is 1.20. The van der Waals surface area contributed by atoms with Crippen molar-refractivity contribution in [3.05, 3.63) is 114 Å². The van der Waals surface area contributed by atoms with Crippen LogP contribution in [0.25, 0.3) is 11.1 Å². The minimum atomic E-state index is -3.21. The van der Waals surface area contributed by atoms with Gasteiger partial charge >= 0.3 is 0 Å². The van der Waals surface area contributed by atoms with Crippen LogP contribution >= 0.6 is 0 Å². The highest BCUT2D eigenvalue weighted by Gasteiger charge is 2.29. The molecule has 0 aliphatic rings. The summed E-state index contributed by atoms with van der Waals surface area (Å²) in [6.07, 6.45) is 0. The Kier molecular flexibility index (Phi) is 6.17. The Morgan fingerprint density at radius 2 is 1.38 bits per heavy atom. The molecule has 0 saturated heterocycles. The monoisotopic (exact) mass is 434 g/mol.